The maximum Gasteiger partial charge on any atom is 0.240 e. The van der Waals surface area contributed by atoms with E-state index in [4.69, 9.17) is 10.5 Å². The lowest BCUT2D eigenvalue weighted by Gasteiger charge is -2.31. The van der Waals surface area contributed by atoms with Gasteiger partial charge < -0.3 is 15.8 Å². The van der Waals surface area contributed by atoms with Gasteiger partial charge in [-0.2, -0.15) is 5.10 Å². The summed E-state index contributed by atoms with van der Waals surface area (Å²) in [6.07, 6.45) is 4.65. The van der Waals surface area contributed by atoms with E-state index in [2.05, 4.69) is 20.5 Å². The van der Waals surface area contributed by atoms with Crippen LogP contribution in [0.5, 0.6) is 5.75 Å². The summed E-state index contributed by atoms with van der Waals surface area (Å²) in [5.74, 6) is 1.86. The lowest BCUT2D eigenvalue weighted by Crippen LogP contribution is -2.54. The van der Waals surface area contributed by atoms with Crippen LogP contribution >= 0.6 is 0 Å². The molecular weight excluding hydrogens is 306 g/mol. The van der Waals surface area contributed by atoms with Crippen molar-refractivity contribution in [3.8, 4) is 17.1 Å². The van der Waals surface area contributed by atoms with Gasteiger partial charge in [-0.05, 0) is 37.1 Å². The van der Waals surface area contributed by atoms with Crippen molar-refractivity contribution in [3.05, 3.63) is 30.1 Å². The molecule has 24 heavy (non-hydrogen) atoms. The molecule has 1 aliphatic rings. The summed E-state index contributed by atoms with van der Waals surface area (Å²) in [7, 11) is 1.62. The molecule has 2 aromatic rings. The van der Waals surface area contributed by atoms with E-state index in [0.717, 1.165) is 43.4 Å². The van der Waals surface area contributed by atoms with Crippen LogP contribution in [0, 0.1) is 0 Å². The molecule has 1 amide bonds. The number of H-pyrrole nitrogens is 1. The van der Waals surface area contributed by atoms with Gasteiger partial charge in [0.1, 0.15) is 11.6 Å². The molecule has 1 aliphatic carbocycles. The molecule has 1 aromatic heterocycles. The summed E-state index contributed by atoms with van der Waals surface area (Å²) in [4.78, 5) is 16.7. The highest BCUT2D eigenvalue weighted by Gasteiger charge is 2.35. The van der Waals surface area contributed by atoms with Crippen molar-refractivity contribution in [2.24, 2.45) is 5.73 Å². The number of benzene rings is 1. The fourth-order valence-corrected chi connectivity index (χ4v) is 2.99. The van der Waals surface area contributed by atoms with Crippen molar-refractivity contribution >= 4 is 5.91 Å². The lowest BCUT2D eigenvalue weighted by molar-refractivity contribution is -0.127. The summed E-state index contributed by atoms with van der Waals surface area (Å²) in [5, 5.41) is 9.92. The van der Waals surface area contributed by atoms with Crippen molar-refractivity contribution in [3.63, 3.8) is 0 Å². The SMILES string of the molecule is COc1ccc(-c2n[nH]c(CNC(=O)C3(N)CCCCC3)n2)cc1. The minimum atomic E-state index is -0.739. The molecule has 1 saturated carbocycles. The molecular formula is C17H23N5O2. The standard InChI is InChI=1S/C17H23N5O2/c1-24-13-7-5-12(6-8-13)15-20-14(21-22-15)11-19-16(23)17(18)9-3-2-4-10-17/h5-8H,2-4,9-11,18H2,1H3,(H,19,23)(H,20,21,22). The molecule has 0 spiro atoms. The van der Waals surface area contributed by atoms with Crippen LogP contribution in [0.25, 0.3) is 11.4 Å². The van der Waals surface area contributed by atoms with Gasteiger partial charge in [0.15, 0.2) is 5.82 Å². The predicted molar refractivity (Wildman–Crippen MR) is 90.2 cm³/mol. The summed E-state index contributed by atoms with van der Waals surface area (Å²) < 4.78 is 5.13. The fourth-order valence-electron chi connectivity index (χ4n) is 2.99. The molecule has 0 bridgehead atoms. The third-order valence-corrected chi connectivity index (χ3v) is 4.49. The van der Waals surface area contributed by atoms with Crippen LogP contribution in [0.4, 0.5) is 0 Å². The number of aromatic amines is 1. The highest BCUT2D eigenvalue weighted by atomic mass is 16.5. The quantitative estimate of drug-likeness (QED) is 0.775. The van der Waals surface area contributed by atoms with Gasteiger partial charge in [-0.25, -0.2) is 4.98 Å². The van der Waals surface area contributed by atoms with Crippen LogP contribution in [0.15, 0.2) is 24.3 Å². The molecule has 1 heterocycles. The first kappa shape index (κ1) is 16.4. The Kier molecular flexibility index (Phi) is 4.80. The first-order valence-electron chi connectivity index (χ1n) is 8.24. The average molecular weight is 329 g/mol. The number of rotatable bonds is 5. The van der Waals surface area contributed by atoms with E-state index >= 15 is 0 Å². The van der Waals surface area contributed by atoms with Crippen LogP contribution < -0.4 is 15.8 Å². The number of ether oxygens (including phenoxy) is 1. The highest BCUT2D eigenvalue weighted by Crippen LogP contribution is 2.26. The van der Waals surface area contributed by atoms with E-state index in [0.29, 0.717) is 18.2 Å². The third kappa shape index (κ3) is 3.56. The number of nitrogens with one attached hydrogen (secondary N) is 2. The Balaban J connectivity index is 1.60. The van der Waals surface area contributed by atoms with Gasteiger partial charge >= 0.3 is 0 Å². The first-order chi connectivity index (χ1) is 11.6. The monoisotopic (exact) mass is 329 g/mol. The predicted octanol–water partition coefficient (Wildman–Crippen LogP) is 1.76. The number of nitrogens with zero attached hydrogens (tertiary/aromatic N) is 2. The summed E-state index contributed by atoms with van der Waals surface area (Å²) >= 11 is 0. The lowest BCUT2D eigenvalue weighted by atomic mass is 9.82. The molecule has 1 fully saturated rings. The van der Waals surface area contributed by atoms with Crippen LogP contribution in [0.1, 0.15) is 37.9 Å². The molecule has 0 atom stereocenters. The molecule has 0 saturated heterocycles. The molecule has 1 aromatic carbocycles. The van der Waals surface area contributed by atoms with E-state index < -0.39 is 5.54 Å². The molecule has 0 unspecified atom stereocenters. The number of amides is 1. The van der Waals surface area contributed by atoms with Crippen molar-refractivity contribution < 1.29 is 9.53 Å². The second-order valence-electron chi connectivity index (χ2n) is 6.23. The molecule has 0 radical (unpaired) electrons. The van der Waals surface area contributed by atoms with Crippen molar-refractivity contribution in [2.45, 2.75) is 44.2 Å². The van der Waals surface area contributed by atoms with Crippen LogP contribution in [0.2, 0.25) is 0 Å². The minimum absolute atomic E-state index is 0.107. The largest absolute Gasteiger partial charge is 0.497 e. The van der Waals surface area contributed by atoms with E-state index in [1.165, 1.54) is 0 Å². The first-order valence-corrected chi connectivity index (χ1v) is 8.24. The van der Waals surface area contributed by atoms with E-state index in [1.54, 1.807) is 7.11 Å². The second kappa shape index (κ2) is 7.00. The van der Waals surface area contributed by atoms with Crippen molar-refractivity contribution in [1.29, 1.82) is 0 Å². The Bertz CT molecular complexity index is 689. The van der Waals surface area contributed by atoms with E-state index in [-0.39, 0.29) is 5.91 Å². The minimum Gasteiger partial charge on any atom is -0.497 e. The van der Waals surface area contributed by atoms with Crippen molar-refractivity contribution in [1.82, 2.24) is 20.5 Å². The number of carbonyl (C=O) groups is 1. The van der Waals surface area contributed by atoms with Crippen LogP contribution in [-0.2, 0) is 11.3 Å². The maximum atomic E-state index is 12.3. The molecule has 3 rings (SSSR count). The molecule has 128 valence electrons. The van der Waals surface area contributed by atoms with Gasteiger partial charge in [0, 0.05) is 5.56 Å². The fraction of sp³-hybridized carbons (Fsp3) is 0.471. The number of hydrogen-bond donors (Lipinski definition) is 3. The maximum absolute atomic E-state index is 12.3. The van der Waals surface area contributed by atoms with Gasteiger partial charge in [0.25, 0.3) is 0 Å². The summed E-state index contributed by atoms with van der Waals surface area (Å²) in [6, 6.07) is 7.49. The van der Waals surface area contributed by atoms with E-state index in [1.807, 2.05) is 24.3 Å². The number of aromatic nitrogens is 3. The highest BCUT2D eigenvalue weighted by molar-refractivity contribution is 5.86. The zero-order valence-corrected chi connectivity index (χ0v) is 13.8. The molecule has 4 N–H and O–H groups in total. The van der Waals surface area contributed by atoms with Gasteiger partial charge in [0.2, 0.25) is 5.91 Å². The summed E-state index contributed by atoms with van der Waals surface area (Å²) in [6.45, 7) is 0.293. The number of nitrogens with two attached hydrogens (primary N) is 1. The van der Waals surface area contributed by atoms with Gasteiger partial charge in [-0.3, -0.25) is 9.89 Å². The van der Waals surface area contributed by atoms with Crippen LogP contribution in [-0.4, -0.2) is 33.7 Å². The Labute approximate surface area is 141 Å². The number of methoxy groups -OCH3 is 1. The van der Waals surface area contributed by atoms with Crippen molar-refractivity contribution in [2.75, 3.05) is 7.11 Å². The smallest absolute Gasteiger partial charge is 0.240 e. The normalized spacial score (nSPS) is 16.6. The Hall–Kier alpha value is -2.41. The second-order valence-corrected chi connectivity index (χ2v) is 6.23. The zero-order valence-electron chi connectivity index (χ0n) is 13.8. The van der Waals surface area contributed by atoms with E-state index in [9.17, 15) is 4.79 Å². The average Bonchev–Trinajstić information content (AvgIpc) is 3.09. The summed E-state index contributed by atoms with van der Waals surface area (Å²) in [5.41, 5.74) is 6.36. The number of carbonyl (C=O) groups excluding carboxylic acids is 1. The zero-order chi connectivity index (χ0) is 17.0. The molecule has 7 heteroatoms. The van der Waals surface area contributed by atoms with Gasteiger partial charge in [0.05, 0.1) is 19.2 Å². The number of hydrogen-bond acceptors (Lipinski definition) is 5. The Morgan fingerprint density at radius 1 is 1.29 bits per heavy atom. The van der Waals surface area contributed by atoms with Gasteiger partial charge in [-0.1, -0.05) is 19.3 Å². The Morgan fingerprint density at radius 3 is 2.67 bits per heavy atom. The molecule has 0 aliphatic heterocycles. The topological polar surface area (TPSA) is 106 Å². The van der Waals surface area contributed by atoms with Crippen LogP contribution in [0.3, 0.4) is 0 Å². The molecule has 7 nitrogen and oxygen atoms in total. The third-order valence-electron chi connectivity index (χ3n) is 4.49. The van der Waals surface area contributed by atoms with Gasteiger partial charge in [-0.15, -0.1) is 0 Å². The Morgan fingerprint density at radius 2 is 2.00 bits per heavy atom.